The molecule has 1 aromatic rings. The molecule has 0 saturated carbocycles. The minimum atomic E-state index is 0.608. The van der Waals surface area contributed by atoms with Crippen molar-refractivity contribution in [2.75, 3.05) is 13.2 Å². The molecule has 1 aromatic heterocycles. The number of nitrogens with one attached hydrogen (secondary N) is 2. The third-order valence-electron chi connectivity index (χ3n) is 2.36. The first-order valence-electron chi connectivity index (χ1n) is 4.73. The third-order valence-corrected chi connectivity index (χ3v) is 2.36. The Balaban J connectivity index is 1.72. The molecule has 2 rings (SSSR count). The molecule has 4 nitrogen and oxygen atoms in total. The molecule has 0 unspecified atom stereocenters. The number of aromatic nitrogens is 2. The molecule has 1 saturated heterocycles. The van der Waals surface area contributed by atoms with Crippen molar-refractivity contribution in [3.05, 3.63) is 18.2 Å². The van der Waals surface area contributed by atoms with Gasteiger partial charge in [0.05, 0.1) is 6.33 Å². The topological polar surface area (TPSA) is 49.9 Å². The fourth-order valence-corrected chi connectivity index (χ4v) is 1.54. The summed E-state index contributed by atoms with van der Waals surface area (Å²) in [6, 6.07) is 0.608. The Morgan fingerprint density at radius 1 is 1.54 bits per heavy atom. The monoisotopic (exact) mass is 181 g/mol. The second-order valence-electron chi connectivity index (χ2n) is 3.34. The van der Waals surface area contributed by atoms with Gasteiger partial charge in [-0.05, 0) is 12.8 Å². The molecular formula is C9H15N3O. The molecule has 0 spiro atoms. The van der Waals surface area contributed by atoms with Crippen LogP contribution in [0, 0.1) is 0 Å². The van der Waals surface area contributed by atoms with E-state index in [4.69, 9.17) is 4.74 Å². The number of hydrogen-bond acceptors (Lipinski definition) is 3. The highest BCUT2D eigenvalue weighted by atomic mass is 16.5. The van der Waals surface area contributed by atoms with E-state index in [0.29, 0.717) is 6.04 Å². The number of H-pyrrole nitrogens is 1. The van der Waals surface area contributed by atoms with Crippen LogP contribution in [0.5, 0.6) is 0 Å². The molecule has 13 heavy (non-hydrogen) atoms. The van der Waals surface area contributed by atoms with Gasteiger partial charge in [-0.15, -0.1) is 0 Å². The molecule has 4 heteroatoms. The molecule has 0 aliphatic carbocycles. The Hall–Kier alpha value is -0.870. The molecular weight excluding hydrogens is 166 g/mol. The molecule has 2 N–H and O–H groups in total. The maximum absolute atomic E-state index is 5.28. The van der Waals surface area contributed by atoms with E-state index >= 15 is 0 Å². The zero-order valence-corrected chi connectivity index (χ0v) is 7.62. The Bertz CT molecular complexity index is 229. The second kappa shape index (κ2) is 4.39. The van der Waals surface area contributed by atoms with Crippen LogP contribution in [0.4, 0.5) is 0 Å². The number of hydrogen-bond donors (Lipinski definition) is 2. The van der Waals surface area contributed by atoms with Crippen molar-refractivity contribution < 1.29 is 4.74 Å². The lowest BCUT2D eigenvalue weighted by atomic mass is 10.1. The summed E-state index contributed by atoms with van der Waals surface area (Å²) in [7, 11) is 0. The van der Waals surface area contributed by atoms with Gasteiger partial charge >= 0.3 is 0 Å². The number of ether oxygens (including phenoxy) is 1. The molecule has 0 aromatic carbocycles. The number of aromatic amines is 1. The van der Waals surface area contributed by atoms with Crippen LogP contribution >= 0.6 is 0 Å². The molecule has 0 radical (unpaired) electrons. The molecule has 1 fully saturated rings. The van der Waals surface area contributed by atoms with Gasteiger partial charge in [0.25, 0.3) is 0 Å². The van der Waals surface area contributed by atoms with Crippen LogP contribution in [0.25, 0.3) is 0 Å². The van der Waals surface area contributed by atoms with Crippen molar-refractivity contribution in [3.63, 3.8) is 0 Å². The summed E-state index contributed by atoms with van der Waals surface area (Å²) in [5.74, 6) is 0. The van der Waals surface area contributed by atoms with Crippen molar-refractivity contribution >= 4 is 0 Å². The Morgan fingerprint density at radius 3 is 3.08 bits per heavy atom. The van der Waals surface area contributed by atoms with Gasteiger partial charge in [0, 0.05) is 37.7 Å². The number of rotatable bonds is 3. The average Bonchev–Trinajstić information content (AvgIpc) is 2.69. The zero-order chi connectivity index (χ0) is 8.93. The first-order chi connectivity index (χ1) is 6.45. The third kappa shape index (κ3) is 2.54. The largest absolute Gasteiger partial charge is 0.381 e. The summed E-state index contributed by atoms with van der Waals surface area (Å²) >= 11 is 0. The van der Waals surface area contributed by atoms with E-state index in [2.05, 4.69) is 15.3 Å². The van der Waals surface area contributed by atoms with Crippen molar-refractivity contribution in [1.29, 1.82) is 0 Å². The van der Waals surface area contributed by atoms with Crippen molar-refractivity contribution in [1.82, 2.24) is 15.3 Å². The van der Waals surface area contributed by atoms with Gasteiger partial charge in [-0.25, -0.2) is 4.98 Å². The second-order valence-corrected chi connectivity index (χ2v) is 3.34. The van der Waals surface area contributed by atoms with Crippen LogP contribution in [0.15, 0.2) is 12.5 Å². The Morgan fingerprint density at radius 2 is 2.38 bits per heavy atom. The predicted molar refractivity (Wildman–Crippen MR) is 49.3 cm³/mol. The van der Waals surface area contributed by atoms with Crippen LogP contribution in [-0.4, -0.2) is 29.2 Å². The lowest BCUT2D eigenvalue weighted by molar-refractivity contribution is 0.0775. The highest BCUT2D eigenvalue weighted by Gasteiger charge is 2.12. The van der Waals surface area contributed by atoms with Crippen LogP contribution in [0.1, 0.15) is 18.5 Å². The summed E-state index contributed by atoms with van der Waals surface area (Å²) in [5.41, 5.74) is 1.14. The number of nitrogens with zero attached hydrogens (tertiary/aromatic N) is 1. The van der Waals surface area contributed by atoms with Crippen molar-refractivity contribution in [3.8, 4) is 0 Å². The minimum absolute atomic E-state index is 0.608. The van der Waals surface area contributed by atoms with E-state index in [1.807, 2.05) is 6.20 Å². The van der Waals surface area contributed by atoms with E-state index in [-0.39, 0.29) is 0 Å². The van der Waals surface area contributed by atoms with Gasteiger partial charge in [-0.2, -0.15) is 0 Å². The van der Waals surface area contributed by atoms with E-state index < -0.39 is 0 Å². The fraction of sp³-hybridized carbons (Fsp3) is 0.667. The maximum atomic E-state index is 5.28. The number of imidazole rings is 1. The molecule has 72 valence electrons. The summed E-state index contributed by atoms with van der Waals surface area (Å²) < 4.78 is 5.28. The maximum Gasteiger partial charge on any atom is 0.0922 e. The van der Waals surface area contributed by atoms with Gasteiger partial charge in [0.2, 0.25) is 0 Å². The lowest BCUT2D eigenvalue weighted by Crippen LogP contribution is -2.34. The predicted octanol–water partition coefficient (Wildman–Crippen LogP) is 0.678. The smallest absolute Gasteiger partial charge is 0.0922 e. The quantitative estimate of drug-likeness (QED) is 0.721. The standard InChI is InChI=1S/C9H15N3O/c1-3-13-4-2-8(1)11-6-9-5-10-7-12-9/h5,7-8,11H,1-4,6H2,(H,10,12). The van der Waals surface area contributed by atoms with Gasteiger partial charge in [-0.1, -0.05) is 0 Å². The molecule has 1 aliphatic rings. The average molecular weight is 181 g/mol. The van der Waals surface area contributed by atoms with Crippen molar-refractivity contribution in [2.24, 2.45) is 0 Å². The Labute approximate surface area is 77.7 Å². The van der Waals surface area contributed by atoms with Crippen LogP contribution < -0.4 is 5.32 Å². The van der Waals surface area contributed by atoms with Gasteiger partial charge < -0.3 is 15.0 Å². The molecule has 0 atom stereocenters. The summed E-state index contributed by atoms with van der Waals surface area (Å²) in [5, 5.41) is 3.47. The molecule has 0 amide bonds. The molecule has 2 heterocycles. The van der Waals surface area contributed by atoms with Crippen LogP contribution in [0.2, 0.25) is 0 Å². The lowest BCUT2D eigenvalue weighted by Gasteiger charge is -2.22. The van der Waals surface area contributed by atoms with Gasteiger partial charge in [0.1, 0.15) is 0 Å². The highest BCUT2D eigenvalue weighted by Crippen LogP contribution is 2.06. The molecule has 1 aliphatic heterocycles. The summed E-state index contributed by atoms with van der Waals surface area (Å²) in [4.78, 5) is 7.04. The van der Waals surface area contributed by atoms with E-state index in [1.165, 1.54) is 0 Å². The normalized spacial score (nSPS) is 19.1. The van der Waals surface area contributed by atoms with Gasteiger partial charge in [0.15, 0.2) is 0 Å². The van der Waals surface area contributed by atoms with E-state index in [1.54, 1.807) is 6.33 Å². The van der Waals surface area contributed by atoms with E-state index in [9.17, 15) is 0 Å². The van der Waals surface area contributed by atoms with E-state index in [0.717, 1.165) is 38.3 Å². The first-order valence-corrected chi connectivity index (χ1v) is 4.73. The Kier molecular flexibility index (Phi) is 2.94. The highest BCUT2D eigenvalue weighted by molar-refractivity contribution is 4.93. The summed E-state index contributed by atoms with van der Waals surface area (Å²) in [6.45, 7) is 2.66. The van der Waals surface area contributed by atoms with Crippen molar-refractivity contribution in [2.45, 2.75) is 25.4 Å². The van der Waals surface area contributed by atoms with Gasteiger partial charge in [-0.3, -0.25) is 0 Å². The first kappa shape index (κ1) is 8.72. The summed E-state index contributed by atoms with van der Waals surface area (Å²) in [6.07, 6.45) is 5.80. The zero-order valence-electron chi connectivity index (χ0n) is 7.62. The van der Waals surface area contributed by atoms with Crippen LogP contribution in [0.3, 0.4) is 0 Å². The minimum Gasteiger partial charge on any atom is -0.381 e. The molecule has 0 bridgehead atoms. The fourth-order valence-electron chi connectivity index (χ4n) is 1.54. The van der Waals surface area contributed by atoms with Crippen LogP contribution in [-0.2, 0) is 11.3 Å². The SMILES string of the molecule is c1ncc(CNC2CCOCC2)[nH]1.